The molecule has 0 unspecified atom stereocenters. The van der Waals surface area contributed by atoms with E-state index in [9.17, 15) is 14.4 Å². The Morgan fingerprint density at radius 2 is 2.03 bits per heavy atom. The summed E-state index contributed by atoms with van der Waals surface area (Å²) in [5.41, 5.74) is 6.88. The summed E-state index contributed by atoms with van der Waals surface area (Å²) in [6.45, 7) is 6.23. The molecule has 4 aromatic rings. The summed E-state index contributed by atoms with van der Waals surface area (Å²) in [7, 11) is 1.75. The molecule has 0 aliphatic carbocycles. The standard InChI is InChI=1S/C24H29N7O4/c1-5-7-11-30(19-20(25)31(10-6-2)24(34)27-22(19)32)23(33)15-13-16(17-9-8-12-35-17)26-21-18(15)14(3)28-29(21)4/h8-9,12-13H,5-7,10-11,25H2,1-4H3,(H,27,32,34). The van der Waals surface area contributed by atoms with E-state index in [-0.39, 0.29) is 18.1 Å². The van der Waals surface area contributed by atoms with Gasteiger partial charge in [0, 0.05) is 20.1 Å². The molecular formula is C24H29N7O4. The van der Waals surface area contributed by atoms with E-state index in [2.05, 4.69) is 15.1 Å². The van der Waals surface area contributed by atoms with Crippen molar-refractivity contribution in [3.8, 4) is 11.5 Å². The van der Waals surface area contributed by atoms with Crippen molar-refractivity contribution in [2.45, 2.75) is 46.6 Å². The number of aromatic amines is 1. The van der Waals surface area contributed by atoms with Gasteiger partial charge in [0.05, 0.1) is 22.9 Å². The molecule has 1 amide bonds. The SMILES string of the molecule is CCCCN(C(=O)c1cc(-c2ccco2)nc2c1c(C)nn2C)c1c(N)n(CCC)c(=O)[nH]c1=O. The third-order valence-electron chi connectivity index (χ3n) is 5.88. The molecule has 0 saturated heterocycles. The number of aryl methyl sites for hydroxylation is 2. The second kappa shape index (κ2) is 9.61. The first-order valence-corrected chi connectivity index (χ1v) is 11.6. The van der Waals surface area contributed by atoms with Crippen LogP contribution in [0.5, 0.6) is 0 Å². The van der Waals surface area contributed by atoms with E-state index in [4.69, 9.17) is 10.2 Å². The summed E-state index contributed by atoms with van der Waals surface area (Å²) in [6.07, 6.45) is 3.57. The number of carbonyl (C=O) groups excluding carboxylic acids is 1. The Kier molecular flexibility index (Phi) is 6.59. The number of amides is 1. The predicted molar refractivity (Wildman–Crippen MR) is 134 cm³/mol. The van der Waals surface area contributed by atoms with Gasteiger partial charge in [-0.3, -0.25) is 23.8 Å². The number of furan rings is 1. The number of H-pyrrole nitrogens is 1. The lowest BCUT2D eigenvalue weighted by Crippen LogP contribution is -2.41. The van der Waals surface area contributed by atoms with Gasteiger partial charge < -0.3 is 15.1 Å². The molecule has 4 rings (SSSR count). The Balaban J connectivity index is 1.97. The van der Waals surface area contributed by atoms with Crippen molar-refractivity contribution in [3.63, 3.8) is 0 Å². The number of nitrogens with zero attached hydrogens (tertiary/aromatic N) is 5. The number of carbonyl (C=O) groups is 1. The van der Waals surface area contributed by atoms with Gasteiger partial charge >= 0.3 is 5.69 Å². The minimum atomic E-state index is -0.705. The maximum absolute atomic E-state index is 14.1. The molecule has 0 bridgehead atoms. The second-order valence-electron chi connectivity index (χ2n) is 8.40. The molecular weight excluding hydrogens is 450 g/mol. The van der Waals surface area contributed by atoms with Crippen molar-refractivity contribution in [1.82, 2.24) is 24.3 Å². The first-order valence-electron chi connectivity index (χ1n) is 11.6. The summed E-state index contributed by atoms with van der Waals surface area (Å²) in [5, 5.41) is 5.03. The zero-order valence-corrected chi connectivity index (χ0v) is 20.3. The van der Waals surface area contributed by atoms with Crippen molar-refractivity contribution in [3.05, 3.63) is 56.6 Å². The van der Waals surface area contributed by atoms with Crippen LogP contribution in [-0.2, 0) is 13.6 Å². The van der Waals surface area contributed by atoms with E-state index in [0.29, 0.717) is 53.1 Å². The van der Waals surface area contributed by atoms with Crippen LogP contribution in [0.4, 0.5) is 11.5 Å². The average Bonchev–Trinajstić information content (AvgIpc) is 3.46. The first kappa shape index (κ1) is 24.0. The molecule has 4 aromatic heterocycles. The number of nitrogen functional groups attached to an aromatic ring is 1. The molecule has 0 radical (unpaired) electrons. The molecule has 0 spiro atoms. The van der Waals surface area contributed by atoms with Gasteiger partial charge in [0.2, 0.25) is 0 Å². The number of nitrogens with two attached hydrogens (primary N) is 1. The number of unbranched alkanes of at least 4 members (excludes halogenated alkanes) is 1. The lowest BCUT2D eigenvalue weighted by molar-refractivity contribution is 0.0987. The van der Waals surface area contributed by atoms with Crippen LogP contribution >= 0.6 is 0 Å². The van der Waals surface area contributed by atoms with E-state index in [1.807, 2.05) is 13.8 Å². The van der Waals surface area contributed by atoms with Crippen LogP contribution in [0.15, 0.2) is 38.5 Å². The molecule has 0 aromatic carbocycles. The number of nitrogens with one attached hydrogen (secondary N) is 1. The molecule has 4 heterocycles. The fourth-order valence-electron chi connectivity index (χ4n) is 4.22. The largest absolute Gasteiger partial charge is 0.463 e. The fraction of sp³-hybridized carbons (Fsp3) is 0.375. The van der Waals surface area contributed by atoms with Gasteiger partial charge in [0.1, 0.15) is 11.5 Å². The maximum Gasteiger partial charge on any atom is 0.330 e. The number of rotatable bonds is 8. The number of fused-ring (bicyclic) bond motifs is 1. The summed E-state index contributed by atoms with van der Waals surface area (Å²) in [4.78, 5) is 47.8. The van der Waals surface area contributed by atoms with Crippen molar-refractivity contribution < 1.29 is 9.21 Å². The summed E-state index contributed by atoms with van der Waals surface area (Å²) in [5.74, 6) is 0.0203. The molecule has 0 aliphatic rings. The molecule has 3 N–H and O–H groups in total. The summed E-state index contributed by atoms with van der Waals surface area (Å²) >= 11 is 0. The number of aromatic nitrogens is 5. The zero-order valence-electron chi connectivity index (χ0n) is 20.3. The van der Waals surface area contributed by atoms with Crippen LogP contribution in [-0.4, -0.2) is 36.8 Å². The van der Waals surface area contributed by atoms with E-state index < -0.39 is 17.2 Å². The van der Waals surface area contributed by atoms with Gasteiger partial charge in [-0.2, -0.15) is 5.10 Å². The number of hydrogen-bond acceptors (Lipinski definition) is 7. The second-order valence-corrected chi connectivity index (χ2v) is 8.40. The van der Waals surface area contributed by atoms with E-state index in [0.717, 1.165) is 6.42 Å². The molecule has 0 fully saturated rings. The summed E-state index contributed by atoms with van der Waals surface area (Å²) in [6, 6.07) is 5.13. The highest BCUT2D eigenvalue weighted by Gasteiger charge is 2.28. The summed E-state index contributed by atoms with van der Waals surface area (Å²) < 4.78 is 8.41. The third kappa shape index (κ3) is 4.25. The van der Waals surface area contributed by atoms with Crippen molar-refractivity contribution >= 4 is 28.4 Å². The third-order valence-corrected chi connectivity index (χ3v) is 5.88. The normalized spacial score (nSPS) is 11.3. The molecule has 0 saturated carbocycles. The van der Waals surface area contributed by atoms with Crippen LogP contribution < -0.4 is 21.9 Å². The lowest BCUT2D eigenvalue weighted by Gasteiger charge is -2.25. The molecule has 11 heteroatoms. The predicted octanol–water partition coefficient (Wildman–Crippen LogP) is 2.83. The van der Waals surface area contributed by atoms with E-state index in [1.165, 1.54) is 15.7 Å². The first-order chi connectivity index (χ1) is 16.8. The van der Waals surface area contributed by atoms with Crippen molar-refractivity contribution in [2.75, 3.05) is 17.2 Å². The number of pyridine rings is 1. The molecule has 0 aliphatic heterocycles. The topological polar surface area (TPSA) is 145 Å². The van der Waals surface area contributed by atoms with Gasteiger partial charge in [-0.15, -0.1) is 0 Å². The minimum Gasteiger partial charge on any atom is -0.463 e. The van der Waals surface area contributed by atoms with Gasteiger partial charge in [0.25, 0.3) is 11.5 Å². The maximum atomic E-state index is 14.1. The van der Waals surface area contributed by atoms with E-state index in [1.54, 1.807) is 36.9 Å². The van der Waals surface area contributed by atoms with Crippen LogP contribution in [0.25, 0.3) is 22.5 Å². The quantitative estimate of drug-likeness (QED) is 0.395. The molecule has 11 nitrogen and oxygen atoms in total. The van der Waals surface area contributed by atoms with E-state index >= 15 is 0 Å². The van der Waals surface area contributed by atoms with Crippen molar-refractivity contribution in [2.24, 2.45) is 7.05 Å². The minimum absolute atomic E-state index is 0.0375. The van der Waals surface area contributed by atoms with Crippen LogP contribution in [0.2, 0.25) is 0 Å². The Morgan fingerprint density at radius 3 is 2.69 bits per heavy atom. The zero-order chi connectivity index (χ0) is 25.3. The molecule has 35 heavy (non-hydrogen) atoms. The Bertz CT molecular complexity index is 1500. The van der Waals surface area contributed by atoms with Crippen LogP contribution in [0.1, 0.15) is 49.2 Å². The van der Waals surface area contributed by atoms with Gasteiger partial charge in [-0.05, 0) is 38.0 Å². The Labute approximate surface area is 201 Å². The van der Waals surface area contributed by atoms with Crippen molar-refractivity contribution in [1.29, 1.82) is 0 Å². The number of anilines is 2. The highest BCUT2D eigenvalue weighted by Crippen LogP contribution is 2.30. The lowest BCUT2D eigenvalue weighted by atomic mass is 10.1. The van der Waals surface area contributed by atoms with Gasteiger partial charge in [0.15, 0.2) is 17.1 Å². The Morgan fingerprint density at radius 1 is 1.26 bits per heavy atom. The van der Waals surface area contributed by atoms with Crippen LogP contribution in [0.3, 0.4) is 0 Å². The smallest absolute Gasteiger partial charge is 0.330 e. The Hall–Kier alpha value is -4.15. The highest BCUT2D eigenvalue weighted by atomic mass is 16.3. The monoisotopic (exact) mass is 479 g/mol. The molecule has 184 valence electrons. The van der Waals surface area contributed by atoms with Crippen LogP contribution in [0, 0.1) is 6.92 Å². The van der Waals surface area contributed by atoms with Gasteiger partial charge in [-0.25, -0.2) is 9.78 Å². The fourth-order valence-corrected chi connectivity index (χ4v) is 4.22. The molecule has 0 atom stereocenters. The van der Waals surface area contributed by atoms with Gasteiger partial charge in [-0.1, -0.05) is 20.3 Å². The highest BCUT2D eigenvalue weighted by molar-refractivity contribution is 6.15. The average molecular weight is 480 g/mol. The number of hydrogen-bond donors (Lipinski definition) is 2.